The smallest absolute Gasteiger partial charge is 0.267 e. The molecule has 2 rings (SSSR count). The summed E-state index contributed by atoms with van der Waals surface area (Å²) in [6, 6.07) is 6.72. The van der Waals surface area contributed by atoms with E-state index in [0.29, 0.717) is 5.69 Å². The Morgan fingerprint density at radius 3 is 2.28 bits per heavy atom. The fourth-order valence-electron chi connectivity index (χ4n) is 1.96. The van der Waals surface area contributed by atoms with Crippen LogP contribution in [0.25, 0.3) is 11.3 Å². The van der Waals surface area contributed by atoms with Gasteiger partial charge in [0.1, 0.15) is 0 Å². The highest BCUT2D eigenvalue weighted by atomic mass is 19.4. The molecule has 0 bridgehead atoms. The normalized spacial score (nSPS) is 11.9. The van der Waals surface area contributed by atoms with Crippen LogP contribution < -0.4 is 0 Å². The minimum atomic E-state index is -4.41. The molecule has 0 radical (unpaired) electrons. The van der Waals surface area contributed by atoms with Crippen molar-refractivity contribution >= 4 is 0 Å². The van der Waals surface area contributed by atoms with E-state index in [-0.39, 0.29) is 0 Å². The van der Waals surface area contributed by atoms with Gasteiger partial charge < -0.3 is 0 Å². The summed E-state index contributed by atoms with van der Waals surface area (Å²) in [6.07, 6.45) is -4.41. The van der Waals surface area contributed by atoms with Crippen molar-refractivity contribution in [2.45, 2.75) is 20.0 Å². The summed E-state index contributed by atoms with van der Waals surface area (Å²) in [5, 5.41) is 3.51. The Bertz CT molecular complexity index is 582. The van der Waals surface area contributed by atoms with Crippen LogP contribution in [-0.2, 0) is 13.2 Å². The van der Waals surface area contributed by atoms with Gasteiger partial charge in [0.2, 0.25) is 0 Å². The van der Waals surface area contributed by atoms with Crippen LogP contribution in [0.15, 0.2) is 24.3 Å². The first-order chi connectivity index (χ1) is 8.29. The second-order valence-corrected chi connectivity index (χ2v) is 4.35. The van der Waals surface area contributed by atoms with Crippen LogP contribution >= 0.6 is 0 Å². The lowest BCUT2D eigenvalue weighted by molar-refractivity contribution is -0.141. The predicted octanol–water partition coefficient (Wildman–Crippen LogP) is 3.72. The molecule has 0 aliphatic rings. The molecule has 96 valence electrons. The Kier molecular flexibility index (Phi) is 2.92. The molecule has 0 saturated heterocycles. The van der Waals surface area contributed by atoms with Gasteiger partial charge >= 0.3 is 6.18 Å². The number of hydrogen-bond acceptors (Lipinski definition) is 1. The third-order valence-electron chi connectivity index (χ3n) is 2.83. The Balaban J connectivity index is 2.55. The molecule has 0 spiro atoms. The van der Waals surface area contributed by atoms with Gasteiger partial charge in [-0.15, -0.1) is 0 Å². The van der Waals surface area contributed by atoms with E-state index in [2.05, 4.69) is 5.10 Å². The van der Waals surface area contributed by atoms with Crippen LogP contribution in [0.2, 0.25) is 0 Å². The molecule has 1 aromatic heterocycles. The lowest BCUT2D eigenvalue weighted by Gasteiger charge is -2.06. The van der Waals surface area contributed by atoms with E-state index in [4.69, 9.17) is 0 Å². The number of hydrogen-bond donors (Lipinski definition) is 0. The third-order valence-corrected chi connectivity index (χ3v) is 2.83. The van der Waals surface area contributed by atoms with Gasteiger partial charge in [-0.05, 0) is 25.5 Å². The maximum atomic E-state index is 12.6. The summed E-state index contributed by atoms with van der Waals surface area (Å²) in [4.78, 5) is 0. The highest BCUT2D eigenvalue weighted by Gasteiger charge is 2.34. The summed E-state index contributed by atoms with van der Waals surface area (Å²) in [6.45, 7) is 3.82. The lowest BCUT2D eigenvalue weighted by Crippen LogP contribution is -2.06. The van der Waals surface area contributed by atoms with Crippen LogP contribution in [0.3, 0.4) is 0 Å². The number of halogens is 3. The van der Waals surface area contributed by atoms with E-state index < -0.39 is 11.9 Å². The molecular formula is C13H13F3N2. The molecule has 1 heterocycles. The molecule has 0 unspecified atom stereocenters. The van der Waals surface area contributed by atoms with Crippen molar-refractivity contribution in [3.8, 4) is 11.3 Å². The first kappa shape index (κ1) is 12.7. The van der Waals surface area contributed by atoms with Crippen LogP contribution in [-0.4, -0.2) is 9.78 Å². The number of nitrogens with zero attached hydrogens (tertiary/aromatic N) is 2. The zero-order valence-corrected chi connectivity index (χ0v) is 10.3. The zero-order valence-electron chi connectivity index (χ0n) is 10.3. The van der Waals surface area contributed by atoms with Crippen molar-refractivity contribution in [1.29, 1.82) is 0 Å². The molecule has 0 atom stereocenters. The quantitative estimate of drug-likeness (QED) is 0.758. The molecule has 5 heteroatoms. The maximum Gasteiger partial charge on any atom is 0.435 e. The number of aromatic nitrogens is 2. The monoisotopic (exact) mass is 254 g/mol. The van der Waals surface area contributed by atoms with Crippen molar-refractivity contribution < 1.29 is 13.2 Å². The molecule has 0 aliphatic heterocycles. The number of alkyl halides is 3. The first-order valence-corrected chi connectivity index (χ1v) is 5.48. The van der Waals surface area contributed by atoms with Crippen molar-refractivity contribution in [1.82, 2.24) is 9.78 Å². The van der Waals surface area contributed by atoms with Crippen molar-refractivity contribution in [2.75, 3.05) is 0 Å². The maximum absolute atomic E-state index is 12.6. The van der Waals surface area contributed by atoms with E-state index in [1.54, 1.807) is 0 Å². The number of rotatable bonds is 1. The highest BCUT2D eigenvalue weighted by Crippen LogP contribution is 2.32. The summed E-state index contributed by atoms with van der Waals surface area (Å²) < 4.78 is 39.0. The molecular weight excluding hydrogens is 241 g/mol. The molecule has 2 aromatic rings. The molecule has 1 aromatic carbocycles. The van der Waals surface area contributed by atoms with Crippen molar-refractivity contribution in [3.05, 3.63) is 41.1 Å². The molecule has 0 saturated carbocycles. The van der Waals surface area contributed by atoms with E-state index in [1.807, 2.05) is 32.0 Å². The van der Waals surface area contributed by atoms with Gasteiger partial charge in [0.25, 0.3) is 0 Å². The van der Waals surface area contributed by atoms with Gasteiger partial charge in [-0.2, -0.15) is 18.3 Å². The van der Waals surface area contributed by atoms with Gasteiger partial charge in [-0.25, -0.2) is 0 Å². The molecule has 0 fully saturated rings. The molecule has 0 aliphatic carbocycles. The SMILES string of the molecule is Cc1ccc(-c2cc(C(F)(F)F)nn2C)c(C)c1. The Labute approximate surface area is 103 Å². The van der Waals surface area contributed by atoms with E-state index in [1.165, 1.54) is 11.7 Å². The fraction of sp³-hybridized carbons (Fsp3) is 0.308. The first-order valence-electron chi connectivity index (χ1n) is 5.48. The largest absolute Gasteiger partial charge is 0.435 e. The van der Waals surface area contributed by atoms with Crippen molar-refractivity contribution in [3.63, 3.8) is 0 Å². The minimum absolute atomic E-state index is 0.472. The Morgan fingerprint density at radius 1 is 1.11 bits per heavy atom. The van der Waals surface area contributed by atoms with Crippen LogP contribution in [0.1, 0.15) is 16.8 Å². The summed E-state index contributed by atoms with van der Waals surface area (Å²) in [7, 11) is 1.52. The van der Waals surface area contributed by atoms with Crippen molar-refractivity contribution in [2.24, 2.45) is 7.05 Å². The zero-order chi connectivity index (χ0) is 13.5. The van der Waals surface area contributed by atoms with Crippen LogP contribution in [0.5, 0.6) is 0 Å². The minimum Gasteiger partial charge on any atom is -0.267 e. The summed E-state index contributed by atoms with van der Waals surface area (Å²) in [5.41, 5.74) is 2.40. The lowest BCUT2D eigenvalue weighted by atomic mass is 10.0. The molecule has 0 amide bonds. The van der Waals surface area contributed by atoms with Gasteiger partial charge in [-0.1, -0.05) is 23.8 Å². The Morgan fingerprint density at radius 2 is 1.78 bits per heavy atom. The molecule has 2 nitrogen and oxygen atoms in total. The third kappa shape index (κ3) is 2.25. The molecule has 18 heavy (non-hydrogen) atoms. The van der Waals surface area contributed by atoms with Gasteiger partial charge in [-0.3, -0.25) is 4.68 Å². The standard InChI is InChI=1S/C13H13F3N2/c1-8-4-5-10(9(2)6-8)11-7-12(13(14,15)16)17-18(11)3/h4-7H,1-3H3. The number of aryl methyl sites for hydroxylation is 3. The van der Waals surface area contributed by atoms with Gasteiger partial charge in [0.05, 0.1) is 5.69 Å². The van der Waals surface area contributed by atoms with E-state index in [0.717, 1.165) is 22.8 Å². The van der Waals surface area contributed by atoms with E-state index in [9.17, 15) is 13.2 Å². The molecule has 0 N–H and O–H groups in total. The fourth-order valence-corrected chi connectivity index (χ4v) is 1.96. The number of benzene rings is 1. The second-order valence-electron chi connectivity index (χ2n) is 4.35. The average molecular weight is 254 g/mol. The Hall–Kier alpha value is -1.78. The summed E-state index contributed by atoms with van der Waals surface area (Å²) >= 11 is 0. The van der Waals surface area contributed by atoms with Gasteiger partial charge in [0.15, 0.2) is 5.69 Å². The predicted molar refractivity (Wildman–Crippen MR) is 63.1 cm³/mol. The van der Waals surface area contributed by atoms with Crippen LogP contribution in [0.4, 0.5) is 13.2 Å². The summed E-state index contributed by atoms with van der Waals surface area (Å²) in [5.74, 6) is 0. The van der Waals surface area contributed by atoms with Gasteiger partial charge in [0, 0.05) is 12.6 Å². The highest BCUT2D eigenvalue weighted by molar-refractivity contribution is 5.64. The topological polar surface area (TPSA) is 17.8 Å². The van der Waals surface area contributed by atoms with Crippen LogP contribution in [0, 0.1) is 13.8 Å². The average Bonchev–Trinajstić information content (AvgIpc) is 2.60. The van der Waals surface area contributed by atoms with E-state index >= 15 is 0 Å². The second kappa shape index (κ2) is 4.15.